The van der Waals surface area contributed by atoms with Crippen molar-refractivity contribution in [1.82, 2.24) is 4.72 Å². The third-order valence-electron chi connectivity index (χ3n) is 4.61. The molecule has 1 unspecified atom stereocenters. The van der Waals surface area contributed by atoms with Gasteiger partial charge in [0.05, 0.1) is 12.0 Å². The van der Waals surface area contributed by atoms with Crippen molar-refractivity contribution in [2.24, 2.45) is 0 Å². The van der Waals surface area contributed by atoms with E-state index < -0.39 is 22.7 Å². The first-order valence-electron chi connectivity index (χ1n) is 9.09. The fourth-order valence-corrected chi connectivity index (χ4v) is 4.48. The molecule has 152 valence electrons. The van der Waals surface area contributed by atoms with E-state index in [0.29, 0.717) is 21.7 Å². The maximum atomic E-state index is 14.5. The minimum absolute atomic E-state index is 0.110. The summed E-state index contributed by atoms with van der Waals surface area (Å²) in [6, 6.07) is 9.51. The lowest BCUT2D eigenvalue weighted by Crippen LogP contribution is -2.36. The van der Waals surface area contributed by atoms with E-state index >= 15 is 0 Å². The number of carbonyl (C=O) groups is 1. The predicted octanol–water partition coefficient (Wildman–Crippen LogP) is 4.40. The van der Waals surface area contributed by atoms with Crippen LogP contribution in [-0.2, 0) is 11.0 Å². The average molecular weight is 481 g/mol. The maximum Gasteiger partial charge on any atom is 0.298 e. The summed E-state index contributed by atoms with van der Waals surface area (Å²) in [4.78, 5) is 14.9. The lowest BCUT2D eigenvalue weighted by atomic mass is 10.1. The van der Waals surface area contributed by atoms with Gasteiger partial charge < -0.3 is 14.1 Å². The van der Waals surface area contributed by atoms with Crippen LogP contribution in [0.5, 0.6) is 5.75 Å². The number of ether oxygens (including phenoxy) is 1. The number of amides is 1. The molecule has 2 heterocycles. The van der Waals surface area contributed by atoms with Crippen molar-refractivity contribution in [3.05, 3.63) is 52.4 Å². The van der Waals surface area contributed by atoms with Gasteiger partial charge in [-0.05, 0) is 37.6 Å². The van der Waals surface area contributed by atoms with Gasteiger partial charge in [0.15, 0.2) is 16.7 Å². The van der Waals surface area contributed by atoms with E-state index in [1.807, 2.05) is 11.8 Å². The van der Waals surface area contributed by atoms with Crippen LogP contribution in [0.2, 0.25) is 0 Å². The lowest BCUT2D eigenvalue weighted by molar-refractivity contribution is 0.0958. The summed E-state index contributed by atoms with van der Waals surface area (Å²) in [7, 11) is -1.88. The Morgan fingerprint density at radius 3 is 2.79 bits per heavy atom. The number of fused-ring (bicyclic) bond motifs is 1. The van der Waals surface area contributed by atoms with Gasteiger partial charge in [-0.2, -0.15) is 0 Å². The predicted molar refractivity (Wildman–Crippen MR) is 112 cm³/mol. The second-order valence-electron chi connectivity index (χ2n) is 6.51. The number of nitrogens with zero attached hydrogens (tertiary/aromatic N) is 1. The van der Waals surface area contributed by atoms with E-state index in [1.54, 1.807) is 24.3 Å². The van der Waals surface area contributed by atoms with Crippen molar-refractivity contribution in [2.45, 2.75) is 18.2 Å². The Hall–Kier alpha value is -2.39. The highest BCUT2D eigenvalue weighted by Crippen LogP contribution is 2.31. The summed E-state index contributed by atoms with van der Waals surface area (Å²) in [6.45, 7) is 3.94. The smallest absolute Gasteiger partial charge is 0.298 e. The van der Waals surface area contributed by atoms with Crippen LogP contribution >= 0.6 is 15.9 Å². The summed E-state index contributed by atoms with van der Waals surface area (Å²) in [5.41, 5.74) is 1.00. The molecule has 1 atom stereocenters. The molecule has 1 fully saturated rings. The highest BCUT2D eigenvalue weighted by atomic mass is 79.9. The molecule has 4 rings (SSSR count). The van der Waals surface area contributed by atoms with Gasteiger partial charge in [0, 0.05) is 35.4 Å². The van der Waals surface area contributed by atoms with Gasteiger partial charge in [0.25, 0.3) is 5.91 Å². The molecule has 3 aromatic rings. The Labute approximate surface area is 177 Å². The molecular formula is C20H18BrFN2O4S. The van der Waals surface area contributed by atoms with Gasteiger partial charge in [-0.1, -0.05) is 15.9 Å². The number of furan rings is 1. The SMILES string of the molecule is CCOc1ccc(Br)cc1S(=O)NC(=O)c1cc2c(F)cc(N3CCC3)cc2o1. The van der Waals surface area contributed by atoms with E-state index in [1.165, 1.54) is 12.1 Å². The van der Waals surface area contributed by atoms with Crippen LogP contribution in [0, 0.1) is 5.82 Å². The van der Waals surface area contributed by atoms with Crippen LogP contribution in [0.25, 0.3) is 11.0 Å². The van der Waals surface area contributed by atoms with Gasteiger partial charge >= 0.3 is 0 Å². The zero-order valence-corrected chi connectivity index (χ0v) is 17.9. The number of anilines is 1. The summed E-state index contributed by atoms with van der Waals surface area (Å²) < 4.78 is 41.3. The van der Waals surface area contributed by atoms with Gasteiger partial charge in [0.2, 0.25) is 0 Å². The van der Waals surface area contributed by atoms with Gasteiger partial charge in [-0.3, -0.25) is 9.52 Å². The molecule has 0 spiro atoms. The monoisotopic (exact) mass is 480 g/mol. The minimum Gasteiger partial charge on any atom is -0.493 e. The van der Waals surface area contributed by atoms with Crippen molar-refractivity contribution >= 4 is 49.5 Å². The number of benzene rings is 2. The molecule has 6 nitrogen and oxygen atoms in total. The fourth-order valence-electron chi connectivity index (χ4n) is 3.04. The zero-order valence-electron chi connectivity index (χ0n) is 15.5. The highest BCUT2D eigenvalue weighted by Gasteiger charge is 2.22. The molecule has 0 radical (unpaired) electrons. The fraction of sp³-hybridized carbons (Fsp3) is 0.250. The number of nitrogens with one attached hydrogen (secondary N) is 1. The maximum absolute atomic E-state index is 14.5. The molecule has 1 amide bonds. The molecule has 1 saturated heterocycles. The van der Waals surface area contributed by atoms with Crippen LogP contribution in [0.15, 0.2) is 50.2 Å². The van der Waals surface area contributed by atoms with Gasteiger partial charge in [-0.25, -0.2) is 8.60 Å². The first kappa shape index (κ1) is 19.9. The van der Waals surface area contributed by atoms with Crippen LogP contribution < -0.4 is 14.4 Å². The highest BCUT2D eigenvalue weighted by molar-refractivity contribution is 9.10. The Bertz CT molecular complexity index is 1110. The summed E-state index contributed by atoms with van der Waals surface area (Å²) in [6.07, 6.45) is 1.07. The second-order valence-corrected chi connectivity index (χ2v) is 8.61. The van der Waals surface area contributed by atoms with Crippen molar-refractivity contribution in [3.63, 3.8) is 0 Å². The molecule has 1 aliphatic rings. The second kappa shape index (κ2) is 8.16. The Morgan fingerprint density at radius 2 is 2.10 bits per heavy atom. The molecule has 2 aromatic carbocycles. The Balaban J connectivity index is 1.58. The number of carbonyl (C=O) groups excluding carboxylic acids is 1. The third kappa shape index (κ3) is 4.02. The van der Waals surface area contributed by atoms with E-state index in [9.17, 15) is 13.4 Å². The number of halogens is 2. The molecule has 9 heteroatoms. The number of rotatable bonds is 6. The number of hydrogen-bond acceptors (Lipinski definition) is 5. The van der Waals surface area contributed by atoms with Gasteiger partial charge in [-0.15, -0.1) is 0 Å². The van der Waals surface area contributed by atoms with Crippen molar-refractivity contribution in [1.29, 1.82) is 0 Å². The van der Waals surface area contributed by atoms with E-state index in [0.717, 1.165) is 25.2 Å². The molecule has 1 aromatic heterocycles. The van der Waals surface area contributed by atoms with Crippen LogP contribution in [0.4, 0.5) is 10.1 Å². The average Bonchev–Trinajstić information content (AvgIpc) is 3.07. The van der Waals surface area contributed by atoms with Crippen LogP contribution in [0.1, 0.15) is 23.9 Å². The third-order valence-corrected chi connectivity index (χ3v) is 6.19. The largest absolute Gasteiger partial charge is 0.493 e. The zero-order chi connectivity index (χ0) is 20.5. The molecule has 0 aliphatic carbocycles. The number of hydrogen-bond donors (Lipinski definition) is 1. The van der Waals surface area contributed by atoms with E-state index in [2.05, 4.69) is 20.7 Å². The van der Waals surface area contributed by atoms with Gasteiger partial charge in [0.1, 0.15) is 22.0 Å². The summed E-state index contributed by atoms with van der Waals surface area (Å²) in [5.74, 6) is -0.865. The van der Waals surface area contributed by atoms with E-state index in [4.69, 9.17) is 9.15 Å². The van der Waals surface area contributed by atoms with E-state index in [-0.39, 0.29) is 16.7 Å². The lowest BCUT2D eigenvalue weighted by Gasteiger charge is -2.33. The quantitative estimate of drug-likeness (QED) is 0.566. The molecule has 1 N–H and O–H groups in total. The van der Waals surface area contributed by atoms with Crippen molar-refractivity contribution in [3.8, 4) is 5.75 Å². The van der Waals surface area contributed by atoms with Crippen molar-refractivity contribution in [2.75, 3.05) is 24.6 Å². The Morgan fingerprint density at radius 1 is 1.31 bits per heavy atom. The molecule has 0 saturated carbocycles. The van der Waals surface area contributed by atoms with Crippen LogP contribution in [-0.4, -0.2) is 29.8 Å². The Kier molecular flexibility index (Phi) is 5.60. The molecule has 1 aliphatic heterocycles. The minimum atomic E-state index is -1.88. The standard InChI is InChI=1S/C20H18BrFN2O4S/c1-2-27-16-5-4-12(21)8-19(16)29(26)23-20(25)18-11-14-15(22)9-13(10-17(14)28-18)24-6-3-7-24/h4-5,8-11H,2-3,6-7H2,1H3,(H,23,25). The van der Waals surface area contributed by atoms with Crippen molar-refractivity contribution < 1.29 is 22.5 Å². The topological polar surface area (TPSA) is 71.8 Å². The summed E-state index contributed by atoms with van der Waals surface area (Å²) in [5, 5.41) is 0.211. The molecule has 0 bridgehead atoms. The van der Waals surface area contributed by atoms with Crippen LogP contribution in [0.3, 0.4) is 0 Å². The normalized spacial score (nSPS) is 14.5. The molecular weight excluding hydrogens is 463 g/mol. The summed E-state index contributed by atoms with van der Waals surface area (Å²) >= 11 is 3.32. The molecule has 29 heavy (non-hydrogen) atoms. The first-order valence-corrected chi connectivity index (χ1v) is 11.0. The first-order chi connectivity index (χ1) is 14.0.